The van der Waals surface area contributed by atoms with Crippen molar-refractivity contribution in [3.63, 3.8) is 0 Å². The van der Waals surface area contributed by atoms with Crippen molar-refractivity contribution in [3.8, 4) is 11.5 Å². The molecular weight excluding hydrogens is 322 g/mol. The molecule has 1 aliphatic rings. The van der Waals surface area contributed by atoms with E-state index in [-0.39, 0.29) is 11.9 Å². The first kappa shape index (κ1) is 17.6. The van der Waals surface area contributed by atoms with Crippen molar-refractivity contribution in [2.24, 2.45) is 0 Å². The maximum Gasteiger partial charge on any atom is 0.267 e. The monoisotopic (exact) mass is 347 g/mol. The number of nitrogens with zero attached hydrogens (tertiary/aromatic N) is 1. The number of amides is 1. The topological polar surface area (TPSA) is 75.8 Å². The Morgan fingerprint density at radius 2 is 2.04 bits per heavy atom. The summed E-state index contributed by atoms with van der Waals surface area (Å²) in [4.78, 5) is 18.0. The number of fused-ring (bicyclic) bond motifs is 1. The highest BCUT2D eigenvalue weighted by atomic mass is 16.5. The van der Waals surface area contributed by atoms with E-state index in [9.17, 15) is 4.79 Å². The summed E-state index contributed by atoms with van der Waals surface area (Å²) in [6.07, 6.45) is 0. The molecule has 1 aliphatic heterocycles. The Morgan fingerprint density at radius 3 is 2.72 bits per heavy atom. The molecule has 1 saturated heterocycles. The van der Waals surface area contributed by atoms with Gasteiger partial charge in [0.1, 0.15) is 17.2 Å². The van der Waals surface area contributed by atoms with Crippen LogP contribution in [0.25, 0.3) is 10.9 Å². The predicted octanol–water partition coefficient (Wildman–Crippen LogP) is 1.64. The Labute approximate surface area is 147 Å². The molecule has 1 fully saturated rings. The van der Waals surface area contributed by atoms with E-state index in [1.54, 1.807) is 20.3 Å². The zero-order valence-electron chi connectivity index (χ0n) is 14.9. The van der Waals surface area contributed by atoms with E-state index in [0.717, 1.165) is 37.2 Å². The average molecular weight is 347 g/mol. The largest absolute Gasteiger partial charge is 0.497 e. The number of methoxy groups -OCH3 is 2. The van der Waals surface area contributed by atoms with Gasteiger partial charge in [-0.15, -0.1) is 0 Å². The van der Waals surface area contributed by atoms with E-state index in [1.165, 1.54) is 0 Å². The van der Waals surface area contributed by atoms with Crippen LogP contribution in [0.1, 0.15) is 17.4 Å². The molecule has 2 aromatic rings. The zero-order chi connectivity index (χ0) is 17.8. The second-order valence-electron chi connectivity index (χ2n) is 6.18. The van der Waals surface area contributed by atoms with Gasteiger partial charge in [-0.25, -0.2) is 0 Å². The lowest BCUT2D eigenvalue weighted by atomic mass is 10.2. The lowest BCUT2D eigenvalue weighted by molar-refractivity contribution is 0.0204. The Morgan fingerprint density at radius 1 is 1.28 bits per heavy atom. The van der Waals surface area contributed by atoms with Crippen molar-refractivity contribution in [1.29, 1.82) is 0 Å². The number of morpholine rings is 1. The van der Waals surface area contributed by atoms with Gasteiger partial charge in [-0.05, 0) is 19.1 Å². The Kier molecular flexibility index (Phi) is 5.45. The molecule has 2 heterocycles. The number of benzene rings is 1. The van der Waals surface area contributed by atoms with Crippen LogP contribution >= 0.6 is 0 Å². The second-order valence-corrected chi connectivity index (χ2v) is 6.18. The summed E-state index contributed by atoms with van der Waals surface area (Å²) in [5, 5.41) is 3.88. The van der Waals surface area contributed by atoms with Crippen LogP contribution in [0.5, 0.6) is 11.5 Å². The first-order valence-corrected chi connectivity index (χ1v) is 8.47. The van der Waals surface area contributed by atoms with Crippen molar-refractivity contribution in [2.45, 2.75) is 13.0 Å². The summed E-state index contributed by atoms with van der Waals surface area (Å²) >= 11 is 0. The van der Waals surface area contributed by atoms with Gasteiger partial charge in [0.25, 0.3) is 5.91 Å². The third-order valence-electron chi connectivity index (χ3n) is 4.59. The highest BCUT2D eigenvalue weighted by Crippen LogP contribution is 2.31. The molecule has 2 N–H and O–H groups in total. The van der Waals surface area contributed by atoms with Gasteiger partial charge >= 0.3 is 0 Å². The van der Waals surface area contributed by atoms with Crippen molar-refractivity contribution < 1.29 is 19.0 Å². The van der Waals surface area contributed by atoms with Crippen LogP contribution < -0.4 is 14.8 Å². The lowest BCUT2D eigenvalue weighted by Gasteiger charge is -2.32. The smallest absolute Gasteiger partial charge is 0.267 e. The standard InChI is InChI=1S/C18H25N3O4/c1-12(21-4-6-25-7-5-21)11-19-18(22)15-9-13-8-14(23-2)10-16(24-3)17(13)20-15/h8-10,12,20H,4-7,11H2,1-3H3,(H,19,22)/t12-/m1/s1. The predicted molar refractivity (Wildman–Crippen MR) is 95.6 cm³/mol. The van der Waals surface area contributed by atoms with Gasteiger partial charge < -0.3 is 24.5 Å². The number of nitrogens with one attached hydrogen (secondary N) is 2. The number of aromatic amines is 1. The van der Waals surface area contributed by atoms with Crippen LogP contribution in [0, 0.1) is 0 Å². The van der Waals surface area contributed by atoms with Gasteiger partial charge in [-0.1, -0.05) is 0 Å². The van der Waals surface area contributed by atoms with Crippen LogP contribution in [-0.2, 0) is 4.74 Å². The van der Waals surface area contributed by atoms with Crippen molar-refractivity contribution in [3.05, 3.63) is 23.9 Å². The van der Waals surface area contributed by atoms with E-state index in [0.29, 0.717) is 23.7 Å². The average Bonchev–Trinajstić information content (AvgIpc) is 3.09. The normalized spacial score (nSPS) is 16.6. The zero-order valence-corrected chi connectivity index (χ0v) is 14.9. The summed E-state index contributed by atoms with van der Waals surface area (Å²) in [5.74, 6) is 1.21. The molecule has 1 amide bonds. The molecule has 0 aliphatic carbocycles. The molecular formula is C18H25N3O4. The minimum atomic E-state index is -0.127. The summed E-state index contributed by atoms with van der Waals surface area (Å²) < 4.78 is 16.0. The molecule has 136 valence electrons. The first-order chi connectivity index (χ1) is 12.1. The number of carbonyl (C=O) groups excluding carboxylic acids is 1. The number of carbonyl (C=O) groups is 1. The maximum atomic E-state index is 12.5. The fourth-order valence-electron chi connectivity index (χ4n) is 3.07. The molecule has 1 aromatic heterocycles. The molecule has 1 atom stereocenters. The minimum Gasteiger partial charge on any atom is -0.497 e. The van der Waals surface area contributed by atoms with Gasteiger partial charge in [-0.2, -0.15) is 0 Å². The van der Waals surface area contributed by atoms with Crippen LogP contribution in [-0.4, -0.2) is 68.9 Å². The third kappa shape index (κ3) is 3.88. The van der Waals surface area contributed by atoms with Crippen LogP contribution in [0.4, 0.5) is 0 Å². The maximum absolute atomic E-state index is 12.5. The molecule has 7 heteroatoms. The van der Waals surface area contributed by atoms with Crippen molar-refractivity contribution in [2.75, 3.05) is 47.1 Å². The molecule has 0 unspecified atom stereocenters. The highest BCUT2D eigenvalue weighted by molar-refractivity contribution is 5.99. The number of hydrogen-bond acceptors (Lipinski definition) is 5. The summed E-state index contributed by atoms with van der Waals surface area (Å²) in [6, 6.07) is 5.75. The van der Waals surface area contributed by atoms with Gasteiger partial charge in [0.15, 0.2) is 0 Å². The number of ether oxygens (including phenoxy) is 3. The highest BCUT2D eigenvalue weighted by Gasteiger charge is 2.19. The molecule has 1 aromatic carbocycles. The van der Waals surface area contributed by atoms with Crippen molar-refractivity contribution in [1.82, 2.24) is 15.2 Å². The van der Waals surface area contributed by atoms with Gasteiger partial charge in [0.2, 0.25) is 0 Å². The molecule has 7 nitrogen and oxygen atoms in total. The van der Waals surface area contributed by atoms with E-state index in [2.05, 4.69) is 22.1 Å². The molecule has 3 rings (SSSR count). The molecule has 0 spiro atoms. The fourth-order valence-corrected chi connectivity index (χ4v) is 3.07. The van der Waals surface area contributed by atoms with Crippen molar-refractivity contribution >= 4 is 16.8 Å². The van der Waals surface area contributed by atoms with Gasteiger partial charge in [0.05, 0.1) is 33.0 Å². The van der Waals surface area contributed by atoms with E-state index in [1.807, 2.05) is 12.1 Å². The van der Waals surface area contributed by atoms with Gasteiger partial charge in [-0.3, -0.25) is 9.69 Å². The molecule has 0 bridgehead atoms. The van der Waals surface area contributed by atoms with E-state index in [4.69, 9.17) is 14.2 Å². The number of hydrogen-bond donors (Lipinski definition) is 2. The molecule has 0 radical (unpaired) electrons. The minimum absolute atomic E-state index is 0.127. The summed E-state index contributed by atoms with van der Waals surface area (Å²) in [5.41, 5.74) is 1.30. The quantitative estimate of drug-likeness (QED) is 0.831. The van der Waals surface area contributed by atoms with Crippen LogP contribution in [0.15, 0.2) is 18.2 Å². The Balaban J connectivity index is 1.69. The van der Waals surface area contributed by atoms with Crippen LogP contribution in [0.3, 0.4) is 0 Å². The van der Waals surface area contributed by atoms with Crippen LogP contribution in [0.2, 0.25) is 0 Å². The number of aromatic nitrogens is 1. The Hall–Kier alpha value is -2.25. The molecule has 25 heavy (non-hydrogen) atoms. The Bertz CT molecular complexity index is 737. The lowest BCUT2D eigenvalue weighted by Crippen LogP contribution is -2.47. The number of rotatable bonds is 6. The summed E-state index contributed by atoms with van der Waals surface area (Å²) in [7, 11) is 3.20. The summed E-state index contributed by atoms with van der Waals surface area (Å²) in [6.45, 7) is 6.02. The first-order valence-electron chi connectivity index (χ1n) is 8.47. The SMILES string of the molecule is COc1cc(OC)c2[nH]c(C(=O)NC[C@@H](C)N3CCOCC3)cc2c1. The fraction of sp³-hybridized carbons (Fsp3) is 0.500. The molecule has 0 saturated carbocycles. The number of H-pyrrole nitrogens is 1. The van der Waals surface area contributed by atoms with E-state index < -0.39 is 0 Å². The van der Waals surface area contributed by atoms with E-state index >= 15 is 0 Å². The van der Waals surface area contributed by atoms with Gasteiger partial charge in [0, 0.05) is 37.1 Å². The second kappa shape index (κ2) is 7.76. The third-order valence-corrected chi connectivity index (χ3v) is 4.59.